The van der Waals surface area contributed by atoms with Crippen LogP contribution in [0.25, 0.3) is 0 Å². The van der Waals surface area contributed by atoms with Crippen molar-refractivity contribution in [2.45, 2.75) is 12.5 Å². The molecule has 0 aromatic rings. The summed E-state index contributed by atoms with van der Waals surface area (Å²) in [7, 11) is 1.57. The van der Waals surface area contributed by atoms with Crippen LogP contribution in [-0.4, -0.2) is 31.1 Å². The third-order valence-corrected chi connectivity index (χ3v) is 1.96. The molecule has 0 unspecified atom stereocenters. The Kier molecular flexibility index (Phi) is 10.4. The van der Waals surface area contributed by atoms with Gasteiger partial charge in [0.15, 0.2) is 0 Å². The summed E-state index contributed by atoms with van der Waals surface area (Å²) in [6.45, 7) is 0.241. The molecule has 0 radical (unpaired) electrons. The molecule has 1 N–H and O–H groups in total. The SMILES string of the molecule is COCO[C@H](/C=C/I)C/C=C/C=C\C(=O)O. The highest BCUT2D eigenvalue weighted by atomic mass is 127. The number of halogens is 1. The summed E-state index contributed by atoms with van der Waals surface area (Å²) in [5, 5.41) is 8.35. The Morgan fingerprint density at radius 2 is 2.25 bits per heavy atom. The van der Waals surface area contributed by atoms with E-state index in [-0.39, 0.29) is 12.9 Å². The van der Waals surface area contributed by atoms with Gasteiger partial charge in [-0.05, 0) is 16.6 Å². The molecule has 0 heterocycles. The van der Waals surface area contributed by atoms with Crippen LogP contribution in [-0.2, 0) is 14.3 Å². The summed E-state index contributed by atoms with van der Waals surface area (Å²) in [6, 6.07) is 0. The average Bonchev–Trinajstić information content (AvgIpc) is 2.24. The molecule has 0 aliphatic heterocycles. The predicted molar refractivity (Wildman–Crippen MR) is 70.4 cm³/mol. The first kappa shape index (κ1) is 15.3. The smallest absolute Gasteiger partial charge is 0.328 e. The summed E-state index contributed by atoms with van der Waals surface area (Å²) >= 11 is 2.11. The maximum absolute atomic E-state index is 10.2. The van der Waals surface area contributed by atoms with Gasteiger partial charge in [-0.1, -0.05) is 40.8 Å². The van der Waals surface area contributed by atoms with Crippen molar-refractivity contribution in [3.8, 4) is 0 Å². The van der Waals surface area contributed by atoms with Crippen molar-refractivity contribution < 1.29 is 19.4 Å². The molecule has 0 fully saturated rings. The van der Waals surface area contributed by atoms with Crippen LogP contribution >= 0.6 is 22.6 Å². The van der Waals surface area contributed by atoms with Gasteiger partial charge in [0.05, 0.1) is 6.10 Å². The molecule has 0 aliphatic rings. The van der Waals surface area contributed by atoms with Crippen LogP contribution in [0.15, 0.2) is 34.5 Å². The van der Waals surface area contributed by atoms with Crippen LogP contribution < -0.4 is 0 Å². The van der Waals surface area contributed by atoms with Crippen molar-refractivity contribution in [3.05, 3.63) is 34.5 Å². The number of carboxylic acids is 1. The first-order valence-electron chi connectivity index (χ1n) is 4.64. The highest BCUT2D eigenvalue weighted by Gasteiger charge is 2.00. The van der Waals surface area contributed by atoms with Gasteiger partial charge in [-0.15, -0.1) is 0 Å². The lowest BCUT2D eigenvalue weighted by Gasteiger charge is -2.10. The van der Waals surface area contributed by atoms with Gasteiger partial charge in [-0.25, -0.2) is 4.79 Å². The normalized spacial score (nSPS) is 14.1. The third kappa shape index (κ3) is 9.88. The summed E-state index contributed by atoms with van der Waals surface area (Å²) in [4.78, 5) is 10.2. The number of rotatable bonds is 8. The van der Waals surface area contributed by atoms with Crippen molar-refractivity contribution in [2.75, 3.05) is 13.9 Å². The van der Waals surface area contributed by atoms with Crippen LogP contribution in [0.5, 0.6) is 0 Å². The molecule has 0 aromatic carbocycles. The lowest BCUT2D eigenvalue weighted by atomic mass is 10.2. The second-order valence-electron chi connectivity index (χ2n) is 2.79. The third-order valence-electron chi connectivity index (χ3n) is 1.54. The van der Waals surface area contributed by atoms with Gasteiger partial charge in [0.25, 0.3) is 0 Å². The Morgan fingerprint density at radius 3 is 2.81 bits per heavy atom. The van der Waals surface area contributed by atoms with E-state index in [1.807, 2.05) is 16.2 Å². The van der Waals surface area contributed by atoms with Gasteiger partial charge in [0.1, 0.15) is 6.79 Å². The van der Waals surface area contributed by atoms with Gasteiger partial charge in [0, 0.05) is 13.2 Å². The van der Waals surface area contributed by atoms with Crippen LogP contribution in [0, 0.1) is 0 Å². The molecule has 5 heteroatoms. The Hall–Kier alpha value is -0.660. The van der Waals surface area contributed by atoms with Crippen LogP contribution in [0.1, 0.15) is 6.42 Å². The molecule has 1 atom stereocenters. The number of allylic oxidation sites excluding steroid dienone is 2. The fourth-order valence-corrected chi connectivity index (χ4v) is 1.33. The number of hydrogen-bond acceptors (Lipinski definition) is 3. The number of aliphatic carboxylic acids is 1. The summed E-state index contributed by atoms with van der Waals surface area (Å²) < 4.78 is 12.0. The monoisotopic (exact) mass is 338 g/mol. The van der Waals surface area contributed by atoms with Crippen molar-refractivity contribution in [3.63, 3.8) is 0 Å². The number of methoxy groups -OCH3 is 1. The maximum Gasteiger partial charge on any atom is 0.328 e. The minimum absolute atomic E-state index is 0.0497. The Bertz CT molecular complexity index is 271. The highest BCUT2D eigenvalue weighted by Crippen LogP contribution is 2.04. The molecule has 4 nitrogen and oxygen atoms in total. The molecular weight excluding hydrogens is 323 g/mol. The fraction of sp³-hybridized carbons (Fsp3) is 0.364. The average molecular weight is 338 g/mol. The van der Waals surface area contributed by atoms with Gasteiger partial charge in [0.2, 0.25) is 0 Å². The van der Waals surface area contributed by atoms with E-state index in [1.165, 1.54) is 6.08 Å². The largest absolute Gasteiger partial charge is 0.478 e. The molecule has 0 aromatic heterocycles. The second kappa shape index (κ2) is 10.8. The molecular formula is C11H15IO4. The van der Waals surface area contributed by atoms with Gasteiger partial charge < -0.3 is 14.6 Å². The number of hydrogen-bond donors (Lipinski definition) is 1. The number of ether oxygens (including phenoxy) is 2. The minimum Gasteiger partial charge on any atom is -0.478 e. The molecule has 0 rings (SSSR count). The van der Waals surface area contributed by atoms with Gasteiger partial charge >= 0.3 is 5.97 Å². The predicted octanol–water partition coefficient (Wildman–Crippen LogP) is 2.51. The topological polar surface area (TPSA) is 55.8 Å². The summed E-state index contributed by atoms with van der Waals surface area (Å²) in [5.74, 6) is -0.955. The van der Waals surface area contributed by atoms with E-state index in [4.69, 9.17) is 14.6 Å². The van der Waals surface area contributed by atoms with E-state index in [0.29, 0.717) is 6.42 Å². The molecule has 0 saturated carbocycles. The lowest BCUT2D eigenvalue weighted by Crippen LogP contribution is -2.10. The zero-order valence-electron chi connectivity index (χ0n) is 9.01. The van der Waals surface area contributed by atoms with Crippen molar-refractivity contribution in [1.82, 2.24) is 0 Å². The molecule has 16 heavy (non-hydrogen) atoms. The molecule has 0 aliphatic carbocycles. The zero-order chi connectivity index (χ0) is 12.2. The highest BCUT2D eigenvalue weighted by molar-refractivity contribution is 14.1. The Morgan fingerprint density at radius 1 is 1.50 bits per heavy atom. The maximum atomic E-state index is 10.2. The first-order valence-corrected chi connectivity index (χ1v) is 5.88. The Balaban J connectivity index is 3.95. The van der Waals surface area contributed by atoms with E-state index in [9.17, 15) is 4.79 Å². The first-order chi connectivity index (χ1) is 7.70. The van der Waals surface area contributed by atoms with E-state index >= 15 is 0 Å². The zero-order valence-corrected chi connectivity index (χ0v) is 11.2. The molecule has 0 bridgehead atoms. The van der Waals surface area contributed by atoms with E-state index in [1.54, 1.807) is 13.2 Å². The minimum atomic E-state index is -0.955. The molecule has 0 saturated heterocycles. The van der Waals surface area contributed by atoms with Crippen molar-refractivity contribution in [2.24, 2.45) is 0 Å². The number of carbonyl (C=O) groups is 1. The van der Waals surface area contributed by atoms with E-state index in [0.717, 1.165) is 6.08 Å². The number of carboxylic acid groups (broad SMARTS) is 1. The van der Waals surface area contributed by atoms with Gasteiger partial charge in [-0.2, -0.15) is 0 Å². The molecule has 0 spiro atoms. The quantitative estimate of drug-likeness (QED) is 0.320. The summed E-state index contributed by atoms with van der Waals surface area (Å²) in [5.41, 5.74) is 0. The van der Waals surface area contributed by atoms with Crippen molar-refractivity contribution >= 4 is 28.6 Å². The lowest BCUT2D eigenvalue weighted by molar-refractivity contribution is -0.131. The summed E-state index contributed by atoms with van der Waals surface area (Å²) in [6.07, 6.45) is 8.61. The molecule has 0 amide bonds. The van der Waals surface area contributed by atoms with E-state index in [2.05, 4.69) is 22.6 Å². The van der Waals surface area contributed by atoms with Crippen LogP contribution in [0.4, 0.5) is 0 Å². The fourth-order valence-electron chi connectivity index (χ4n) is 0.868. The molecule has 90 valence electrons. The standard InChI is InChI=1S/C11H15IO4/c1-15-9-16-10(7-8-12)5-3-2-4-6-11(13)14/h2-4,6-8,10H,5,9H2,1H3,(H,13,14)/b3-2+,6-4-,8-7+/t10-/m0/s1. The van der Waals surface area contributed by atoms with Gasteiger partial charge in [-0.3, -0.25) is 0 Å². The van der Waals surface area contributed by atoms with Crippen molar-refractivity contribution in [1.29, 1.82) is 0 Å². The van der Waals surface area contributed by atoms with Crippen LogP contribution in [0.2, 0.25) is 0 Å². The van der Waals surface area contributed by atoms with E-state index < -0.39 is 5.97 Å². The van der Waals surface area contributed by atoms with Crippen LogP contribution in [0.3, 0.4) is 0 Å². The second-order valence-corrected chi connectivity index (χ2v) is 3.51. The Labute approximate surface area is 109 Å².